The summed E-state index contributed by atoms with van der Waals surface area (Å²) in [6.45, 7) is 4.36. The first-order chi connectivity index (χ1) is 5.72. The van der Waals surface area contributed by atoms with Crippen LogP contribution in [-0.2, 0) is 4.74 Å². The van der Waals surface area contributed by atoms with Gasteiger partial charge in [-0.2, -0.15) is 0 Å². The molecule has 0 saturated heterocycles. The van der Waals surface area contributed by atoms with Crippen molar-refractivity contribution in [3.63, 3.8) is 0 Å². The second-order valence-electron chi connectivity index (χ2n) is 3.27. The van der Waals surface area contributed by atoms with Crippen LogP contribution in [0.1, 0.15) is 46.0 Å². The smallest absolute Gasteiger partial charge is 0.162 e. The van der Waals surface area contributed by atoms with Gasteiger partial charge in [-0.3, -0.25) is 0 Å². The van der Waals surface area contributed by atoms with Gasteiger partial charge in [0.15, 0.2) is 5.05 Å². The van der Waals surface area contributed by atoms with E-state index < -0.39 is 0 Å². The molecule has 0 rings (SSSR count). The zero-order chi connectivity index (χ0) is 9.40. The third-order valence-corrected chi connectivity index (χ3v) is 2.66. The normalized spacial score (nSPS) is 12.6. The molecule has 0 spiro atoms. The molecule has 1 nitrogen and oxygen atoms in total. The van der Waals surface area contributed by atoms with E-state index in [9.17, 15) is 0 Å². The minimum Gasteiger partial charge on any atom is -0.490 e. The molecular weight excluding hydrogens is 168 g/mol. The zero-order valence-electron chi connectivity index (χ0n) is 8.43. The van der Waals surface area contributed by atoms with Crippen LogP contribution in [0.25, 0.3) is 0 Å². The molecule has 0 heterocycles. The summed E-state index contributed by atoms with van der Waals surface area (Å²) in [5.74, 6) is 0.446. The van der Waals surface area contributed by atoms with E-state index in [1.165, 1.54) is 32.1 Å². The maximum atomic E-state index is 5.03. The first-order valence-corrected chi connectivity index (χ1v) is 5.21. The SMILES string of the molecule is CCCCCC[C@H](C)C(=S)OC. The van der Waals surface area contributed by atoms with E-state index in [4.69, 9.17) is 17.0 Å². The number of hydrogen-bond acceptors (Lipinski definition) is 2. The van der Waals surface area contributed by atoms with Crippen LogP contribution in [0.2, 0.25) is 0 Å². The Morgan fingerprint density at radius 1 is 1.33 bits per heavy atom. The maximum Gasteiger partial charge on any atom is 0.162 e. The van der Waals surface area contributed by atoms with Gasteiger partial charge in [-0.15, -0.1) is 0 Å². The van der Waals surface area contributed by atoms with E-state index in [0.717, 1.165) is 5.05 Å². The van der Waals surface area contributed by atoms with Crippen molar-refractivity contribution in [1.29, 1.82) is 0 Å². The molecule has 0 N–H and O–H groups in total. The molecular formula is C10H20OS. The number of methoxy groups -OCH3 is 1. The van der Waals surface area contributed by atoms with Crippen molar-refractivity contribution in [3.8, 4) is 0 Å². The maximum absolute atomic E-state index is 5.03. The Morgan fingerprint density at radius 2 is 2.00 bits per heavy atom. The third kappa shape index (κ3) is 5.53. The van der Waals surface area contributed by atoms with Gasteiger partial charge >= 0.3 is 0 Å². The molecule has 0 aromatic rings. The average Bonchev–Trinajstić information content (AvgIpc) is 2.10. The largest absolute Gasteiger partial charge is 0.490 e. The lowest BCUT2D eigenvalue weighted by Gasteiger charge is -2.10. The van der Waals surface area contributed by atoms with Crippen LogP contribution in [-0.4, -0.2) is 12.2 Å². The highest BCUT2D eigenvalue weighted by molar-refractivity contribution is 7.80. The average molecular weight is 188 g/mol. The standard InChI is InChI=1S/C10H20OS/c1-4-5-6-7-8-9(2)10(12)11-3/h9H,4-8H2,1-3H3/t9-/m0/s1. The molecule has 0 aromatic heterocycles. The fraction of sp³-hybridized carbons (Fsp3) is 0.900. The van der Waals surface area contributed by atoms with Gasteiger partial charge in [0.05, 0.1) is 7.11 Å². The highest BCUT2D eigenvalue weighted by Gasteiger charge is 2.07. The predicted octanol–water partition coefficient (Wildman–Crippen LogP) is 3.57. The summed E-state index contributed by atoms with van der Waals surface area (Å²) in [4.78, 5) is 0. The number of unbranched alkanes of at least 4 members (excludes halogenated alkanes) is 3. The summed E-state index contributed by atoms with van der Waals surface area (Å²) in [5.41, 5.74) is 0. The Bertz CT molecular complexity index is 123. The van der Waals surface area contributed by atoms with Crippen molar-refractivity contribution in [2.24, 2.45) is 5.92 Å². The van der Waals surface area contributed by atoms with Crippen LogP contribution in [0.5, 0.6) is 0 Å². The monoisotopic (exact) mass is 188 g/mol. The van der Waals surface area contributed by atoms with E-state index in [2.05, 4.69) is 13.8 Å². The topological polar surface area (TPSA) is 9.23 Å². The first kappa shape index (κ1) is 11.9. The summed E-state index contributed by atoms with van der Waals surface area (Å²) in [6, 6.07) is 0. The van der Waals surface area contributed by atoms with Gasteiger partial charge in [0.25, 0.3) is 0 Å². The fourth-order valence-electron chi connectivity index (χ4n) is 1.20. The molecule has 0 saturated carbocycles. The van der Waals surface area contributed by atoms with Crippen LogP contribution < -0.4 is 0 Å². The van der Waals surface area contributed by atoms with E-state index in [0.29, 0.717) is 5.92 Å². The summed E-state index contributed by atoms with van der Waals surface area (Å²) in [7, 11) is 1.66. The van der Waals surface area contributed by atoms with Crippen molar-refractivity contribution in [2.75, 3.05) is 7.11 Å². The van der Waals surface area contributed by atoms with Crippen LogP contribution >= 0.6 is 12.2 Å². The van der Waals surface area contributed by atoms with E-state index in [1.807, 2.05) is 0 Å². The van der Waals surface area contributed by atoms with Crippen LogP contribution in [0.4, 0.5) is 0 Å². The van der Waals surface area contributed by atoms with Crippen LogP contribution in [0.15, 0.2) is 0 Å². The quantitative estimate of drug-likeness (QED) is 0.465. The molecule has 0 bridgehead atoms. The van der Waals surface area contributed by atoms with Crippen molar-refractivity contribution in [1.82, 2.24) is 0 Å². The van der Waals surface area contributed by atoms with Gasteiger partial charge in [-0.05, 0) is 18.6 Å². The van der Waals surface area contributed by atoms with E-state index >= 15 is 0 Å². The summed E-state index contributed by atoms with van der Waals surface area (Å²) in [6.07, 6.45) is 6.41. The summed E-state index contributed by atoms with van der Waals surface area (Å²) in [5, 5.41) is 0.756. The van der Waals surface area contributed by atoms with Crippen LogP contribution in [0, 0.1) is 5.92 Å². The minimum atomic E-state index is 0.446. The van der Waals surface area contributed by atoms with Crippen molar-refractivity contribution < 1.29 is 4.74 Å². The van der Waals surface area contributed by atoms with Gasteiger partial charge in [0.2, 0.25) is 0 Å². The Labute approximate surface area is 81.5 Å². The molecule has 2 heteroatoms. The van der Waals surface area contributed by atoms with Crippen molar-refractivity contribution in [3.05, 3.63) is 0 Å². The van der Waals surface area contributed by atoms with Gasteiger partial charge in [-0.25, -0.2) is 0 Å². The lowest BCUT2D eigenvalue weighted by Crippen LogP contribution is -2.09. The zero-order valence-corrected chi connectivity index (χ0v) is 9.25. The molecule has 1 atom stereocenters. The molecule has 0 amide bonds. The first-order valence-electron chi connectivity index (χ1n) is 4.80. The Hall–Kier alpha value is -0.110. The molecule has 0 aliphatic rings. The number of hydrogen-bond donors (Lipinski definition) is 0. The second kappa shape index (κ2) is 7.53. The van der Waals surface area contributed by atoms with E-state index in [-0.39, 0.29) is 0 Å². The molecule has 0 fully saturated rings. The third-order valence-electron chi connectivity index (χ3n) is 2.09. The number of rotatable bonds is 6. The van der Waals surface area contributed by atoms with Crippen molar-refractivity contribution in [2.45, 2.75) is 46.0 Å². The Kier molecular flexibility index (Phi) is 7.47. The fourth-order valence-corrected chi connectivity index (χ4v) is 1.31. The van der Waals surface area contributed by atoms with Gasteiger partial charge in [0, 0.05) is 5.92 Å². The Morgan fingerprint density at radius 3 is 2.50 bits per heavy atom. The van der Waals surface area contributed by atoms with Crippen LogP contribution in [0.3, 0.4) is 0 Å². The lowest BCUT2D eigenvalue weighted by molar-refractivity contribution is 0.375. The molecule has 12 heavy (non-hydrogen) atoms. The molecule has 0 aliphatic heterocycles. The highest BCUT2D eigenvalue weighted by atomic mass is 32.1. The van der Waals surface area contributed by atoms with Gasteiger partial charge in [0.1, 0.15) is 0 Å². The second-order valence-corrected chi connectivity index (χ2v) is 3.68. The summed E-state index contributed by atoms with van der Waals surface area (Å²) >= 11 is 5.03. The van der Waals surface area contributed by atoms with Gasteiger partial charge in [-0.1, -0.05) is 39.5 Å². The lowest BCUT2D eigenvalue weighted by atomic mass is 10.0. The Balaban J connectivity index is 3.31. The van der Waals surface area contributed by atoms with Gasteiger partial charge < -0.3 is 4.74 Å². The molecule has 0 aromatic carbocycles. The minimum absolute atomic E-state index is 0.446. The number of thiocarbonyl (C=S) groups is 1. The summed E-state index contributed by atoms with van der Waals surface area (Å²) < 4.78 is 5.00. The molecule has 0 unspecified atom stereocenters. The highest BCUT2D eigenvalue weighted by Crippen LogP contribution is 2.12. The number of ether oxygens (including phenoxy) is 1. The molecule has 0 radical (unpaired) electrons. The van der Waals surface area contributed by atoms with E-state index in [1.54, 1.807) is 7.11 Å². The molecule has 72 valence electrons. The predicted molar refractivity (Wildman–Crippen MR) is 57.5 cm³/mol. The molecule has 0 aliphatic carbocycles. The van der Waals surface area contributed by atoms with Crippen molar-refractivity contribution >= 4 is 17.3 Å².